The molecule has 0 unspecified atom stereocenters. The number of amides is 1. The first-order valence-corrected chi connectivity index (χ1v) is 8.75. The van der Waals surface area contributed by atoms with Crippen LogP contribution in [0.2, 0.25) is 5.02 Å². The number of aromatic nitrogens is 3. The first-order chi connectivity index (χ1) is 11.7. The quantitative estimate of drug-likeness (QED) is 0.857. The molecule has 4 rings (SSSR count). The predicted octanol–water partition coefficient (Wildman–Crippen LogP) is 2.37. The number of nitrogens with zero attached hydrogens (tertiary/aromatic N) is 5. The van der Waals surface area contributed by atoms with Crippen LogP contribution >= 0.6 is 11.6 Å². The minimum Gasteiger partial charge on any atom is -0.311 e. The van der Waals surface area contributed by atoms with Crippen LogP contribution in [0.15, 0.2) is 36.9 Å². The van der Waals surface area contributed by atoms with E-state index in [4.69, 9.17) is 11.6 Å². The summed E-state index contributed by atoms with van der Waals surface area (Å²) in [6.45, 7) is 2.62. The Kier molecular flexibility index (Phi) is 4.24. The van der Waals surface area contributed by atoms with Crippen LogP contribution in [0, 0.1) is 0 Å². The number of carbonyl (C=O) groups is 1. The molecule has 24 heavy (non-hydrogen) atoms. The average Bonchev–Trinajstić information content (AvgIpc) is 3.26. The van der Waals surface area contributed by atoms with Crippen molar-refractivity contribution in [2.24, 2.45) is 0 Å². The smallest absolute Gasteiger partial charge is 0.244 e. The highest BCUT2D eigenvalue weighted by atomic mass is 35.5. The van der Waals surface area contributed by atoms with Crippen LogP contribution in [0.4, 0.5) is 5.69 Å². The Labute approximate surface area is 146 Å². The normalized spacial score (nSPS) is 23.1. The van der Waals surface area contributed by atoms with E-state index in [9.17, 15) is 4.79 Å². The Morgan fingerprint density at radius 3 is 2.46 bits per heavy atom. The average molecular weight is 346 g/mol. The van der Waals surface area contributed by atoms with Gasteiger partial charge in [0.15, 0.2) is 0 Å². The maximum absolute atomic E-state index is 12.8. The molecule has 1 aromatic heterocycles. The van der Waals surface area contributed by atoms with Gasteiger partial charge in [-0.3, -0.25) is 9.69 Å². The van der Waals surface area contributed by atoms with Crippen molar-refractivity contribution in [2.45, 2.75) is 31.3 Å². The zero-order valence-corrected chi connectivity index (χ0v) is 14.1. The summed E-state index contributed by atoms with van der Waals surface area (Å²) in [5.74, 6) is 0.205. The summed E-state index contributed by atoms with van der Waals surface area (Å²) in [7, 11) is 0. The van der Waals surface area contributed by atoms with Gasteiger partial charge in [-0.05, 0) is 43.5 Å². The minimum absolute atomic E-state index is 0.00243. The first kappa shape index (κ1) is 15.6. The molecular weight excluding hydrogens is 326 g/mol. The van der Waals surface area contributed by atoms with Crippen molar-refractivity contribution in [3.63, 3.8) is 0 Å². The Morgan fingerprint density at radius 2 is 1.79 bits per heavy atom. The fraction of sp³-hybridized carbons (Fsp3) is 0.471. The molecule has 7 heteroatoms. The predicted molar refractivity (Wildman–Crippen MR) is 92.1 cm³/mol. The summed E-state index contributed by atoms with van der Waals surface area (Å²) in [6, 6.07) is 7.89. The van der Waals surface area contributed by atoms with Gasteiger partial charge in [-0.2, -0.15) is 5.10 Å². The molecule has 0 radical (unpaired) electrons. The van der Waals surface area contributed by atoms with Crippen LogP contribution in [0.3, 0.4) is 0 Å². The molecule has 0 aliphatic carbocycles. The molecule has 0 spiro atoms. The Balaban J connectivity index is 1.39. The fourth-order valence-electron chi connectivity index (χ4n) is 3.75. The summed E-state index contributed by atoms with van der Waals surface area (Å²) >= 11 is 5.94. The number of piperidine rings is 1. The van der Waals surface area contributed by atoms with Gasteiger partial charge in [0.2, 0.25) is 5.91 Å². The zero-order valence-electron chi connectivity index (χ0n) is 13.4. The van der Waals surface area contributed by atoms with Gasteiger partial charge in [0.05, 0.1) is 12.1 Å². The monoisotopic (exact) mass is 345 g/mol. The molecular formula is C17H20ClN5O. The molecule has 2 aliphatic rings. The largest absolute Gasteiger partial charge is 0.311 e. The maximum atomic E-state index is 12.8. The Morgan fingerprint density at radius 1 is 1.04 bits per heavy atom. The molecule has 0 bridgehead atoms. The second-order valence-corrected chi connectivity index (χ2v) is 6.85. The van der Waals surface area contributed by atoms with Gasteiger partial charge in [-0.25, -0.2) is 9.67 Å². The maximum Gasteiger partial charge on any atom is 0.244 e. The third kappa shape index (κ3) is 2.91. The van der Waals surface area contributed by atoms with Crippen LogP contribution in [0.25, 0.3) is 0 Å². The summed E-state index contributed by atoms with van der Waals surface area (Å²) in [6.07, 6.45) is 6.26. The van der Waals surface area contributed by atoms with Gasteiger partial charge in [0, 0.05) is 30.3 Å². The minimum atomic E-state index is -0.00243. The summed E-state index contributed by atoms with van der Waals surface area (Å²) < 4.78 is 1.94. The van der Waals surface area contributed by atoms with E-state index in [0.29, 0.717) is 11.1 Å². The van der Waals surface area contributed by atoms with E-state index in [1.165, 1.54) is 0 Å². The third-order valence-electron chi connectivity index (χ3n) is 5.07. The van der Waals surface area contributed by atoms with E-state index in [1.807, 2.05) is 33.8 Å². The van der Waals surface area contributed by atoms with E-state index in [-0.39, 0.29) is 11.9 Å². The molecule has 2 saturated heterocycles. The summed E-state index contributed by atoms with van der Waals surface area (Å²) in [5, 5.41) is 4.93. The van der Waals surface area contributed by atoms with Crippen molar-refractivity contribution in [1.82, 2.24) is 19.7 Å². The molecule has 0 N–H and O–H groups in total. The number of rotatable bonds is 3. The van der Waals surface area contributed by atoms with Crippen LogP contribution in [0.5, 0.6) is 0 Å². The Hall–Kier alpha value is -1.92. The summed E-state index contributed by atoms with van der Waals surface area (Å²) in [4.78, 5) is 21.1. The van der Waals surface area contributed by atoms with E-state index in [1.54, 1.807) is 12.7 Å². The van der Waals surface area contributed by atoms with E-state index >= 15 is 0 Å². The second-order valence-electron chi connectivity index (χ2n) is 6.41. The molecule has 0 saturated carbocycles. The lowest BCUT2D eigenvalue weighted by molar-refractivity contribution is -0.122. The number of likely N-dealkylation sites (tertiary alicyclic amines) is 1. The standard InChI is InChI=1S/C17H20ClN5O/c18-13-1-3-14(4-2-13)22-10-7-16(17(22)24)21-8-5-15(6-9-21)23-12-19-11-20-23/h1-4,11-12,15-16H,5-10H2/t16-/m1/s1. The van der Waals surface area contributed by atoms with E-state index < -0.39 is 0 Å². The van der Waals surface area contributed by atoms with Gasteiger partial charge in [-0.1, -0.05) is 11.6 Å². The second kappa shape index (κ2) is 6.53. The highest BCUT2D eigenvalue weighted by Gasteiger charge is 2.38. The Bertz CT molecular complexity index is 694. The van der Waals surface area contributed by atoms with Crippen LogP contribution < -0.4 is 4.90 Å². The van der Waals surface area contributed by atoms with Crippen molar-refractivity contribution in [1.29, 1.82) is 0 Å². The topological polar surface area (TPSA) is 54.3 Å². The molecule has 2 aromatic rings. The highest BCUT2D eigenvalue weighted by Crippen LogP contribution is 2.29. The third-order valence-corrected chi connectivity index (χ3v) is 5.32. The zero-order chi connectivity index (χ0) is 16.5. The molecule has 126 valence electrons. The van der Waals surface area contributed by atoms with Crippen molar-refractivity contribution >= 4 is 23.2 Å². The van der Waals surface area contributed by atoms with Crippen molar-refractivity contribution in [3.05, 3.63) is 41.9 Å². The number of benzene rings is 1. The summed E-state index contributed by atoms with van der Waals surface area (Å²) in [5.41, 5.74) is 0.935. The van der Waals surface area contributed by atoms with Gasteiger partial charge in [-0.15, -0.1) is 0 Å². The van der Waals surface area contributed by atoms with E-state index in [0.717, 1.165) is 44.6 Å². The lowest BCUT2D eigenvalue weighted by Crippen LogP contribution is -2.46. The van der Waals surface area contributed by atoms with Crippen LogP contribution in [-0.2, 0) is 4.79 Å². The molecule has 2 aliphatic heterocycles. The molecule has 1 amide bonds. The van der Waals surface area contributed by atoms with Crippen molar-refractivity contribution in [2.75, 3.05) is 24.5 Å². The number of hydrogen-bond acceptors (Lipinski definition) is 4. The fourth-order valence-corrected chi connectivity index (χ4v) is 3.88. The lowest BCUT2D eigenvalue weighted by Gasteiger charge is -2.35. The molecule has 1 aromatic carbocycles. The SMILES string of the molecule is O=C1[C@H](N2CCC(n3cncn3)CC2)CCN1c1ccc(Cl)cc1. The van der Waals surface area contributed by atoms with Crippen molar-refractivity contribution in [3.8, 4) is 0 Å². The van der Waals surface area contributed by atoms with Gasteiger partial charge in [0.1, 0.15) is 12.7 Å². The lowest BCUT2D eigenvalue weighted by atomic mass is 10.0. The molecule has 1 atom stereocenters. The molecule has 3 heterocycles. The van der Waals surface area contributed by atoms with Gasteiger partial charge >= 0.3 is 0 Å². The number of anilines is 1. The van der Waals surface area contributed by atoms with Gasteiger partial charge < -0.3 is 4.90 Å². The van der Waals surface area contributed by atoms with Crippen molar-refractivity contribution < 1.29 is 4.79 Å². The highest BCUT2D eigenvalue weighted by molar-refractivity contribution is 6.30. The molecule has 6 nitrogen and oxygen atoms in total. The van der Waals surface area contributed by atoms with E-state index in [2.05, 4.69) is 15.0 Å². The number of halogens is 1. The van der Waals surface area contributed by atoms with Crippen LogP contribution in [0.1, 0.15) is 25.3 Å². The van der Waals surface area contributed by atoms with Gasteiger partial charge in [0.25, 0.3) is 0 Å². The van der Waals surface area contributed by atoms with Crippen LogP contribution in [-0.4, -0.2) is 51.2 Å². The molecule has 2 fully saturated rings. The first-order valence-electron chi connectivity index (χ1n) is 8.37. The number of carbonyl (C=O) groups excluding carboxylic acids is 1. The number of hydrogen-bond donors (Lipinski definition) is 0.